The van der Waals surface area contributed by atoms with Crippen LogP contribution in [0.3, 0.4) is 0 Å². The summed E-state index contributed by atoms with van der Waals surface area (Å²) in [5, 5.41) is 0. The summed E-state index contributed by atoms with van der Waals surface area (Å²) in [6, 6.07) is 16.4. The van der Waals surface area contributed by atoms with Crippen molar-refractivity contribution in [2.24, 2.45) is 0 Å². The highest BCUT2D eigenvalue weighted by Gasteiger charge is 2.45. The summed E-state index contributed by atoms with van der Waals surface area (Å²) in [5.41, 5.74) is 5.14. The average molecular weight is 576 g/mol. The molecular weight excluding hydrogens is 533 g/mol. The van der Waals surface area contributed by atoms with Gasteiger partial charge in [0.15, 0.2) is 12.1 Å². The molecule has 5 rings (SSSR count). The normalized spacial score (nSPS) is 20.0. The van der Waals surface area contributed by atoms with Gasteiger partial charge in [-0.1, -0.05) is 44.2 Å². The quantitative estimate of drug-likeness (QED) is 0.181. The molecule has 2 aliphatic rings. The van der Waals surface area contributed by atoms with Crippen LogP contribution in [0, 0.1) is 5.82 Å². The van der Waals surface area contributed by atoms with Crippen molar-refractivity contribution >= 4 is 12.3 Å². The minimum absolute atomic E-state index is 0.0668. The zero-order valence-corrected chi connectivity index (χ0v) is 25.1. The Morgan fingerprint density at radius 3 is 2.29 bits per heavy atom. The molecular formula is C35H42FNO5. The SMILES string of the molecule is CC(C)OC(=O)C[C@H]1C[C@@H](CCn2c(-c3ccc(F)cc3)c(-c3ccccc3)c(C=O)c2C(C)C)OC2(CCCC2)O1. The third-order valence-corrected chi connectivity index (χ3v) is 8.28. The van der Waals surface area contributed by atoms with Crippen LogP contribution in [0.15, 0.2) is 54.6 Å². The molecule has 1 saturated carbocycles. The number of hydrogen-bond donors (Lipinski definition) is 0. The number of nitrogens with zero attached hydrogens (tertiary/aromatic N) is 1. The van der Waals surface area contributed by atoms with E-state index < -0.39 is 5.79 Å². The second-order valence-electron chi connectivity index (χ2n) is 12.2. The monoisotopic (exact) mass is 575 g/mol. The zero-order chi connectivity index (χ0) is 29.9. The first-order chi connectivity index (χ1) is 20.2. The maximum atomic E-state index is 14.0. The zero-order valence-electron chi connectivity index (χ0n) is 25.1. The maximum Gasteiger partial charge on any atom is 0.308 e. The lowest BCUT2D eigenvalue weighted by Crippen LogP contribution is -2.47. The second-order valence-corrected chi connectivity index (χ2v) is 12.2. The third kappa shape index (κ3) is 6.52. The molecule has 3 aromatic rings. The van der Waals surface area contributed by atoms with Gasteiger partial charge in [0.1, 0.15) is 5.82 Å². The molecule has 1 saturated heterocycles. The molecule has 6 nitrogen and oxygen atoms in total. The number of rotatable bonds is 10. The predicted octanol–water partition coefficient (Wildman–Crippen LogP) is 8.07. The number of halogens is 1. The first-order valence-electron chi connectivity index (χ1n) is 15.3. The van der Waals surface area contributed by atoms with Gasteiger partial charge >= 0.3 is 5.97 Å². The molecule has 1 aliphatic carbocycles. The fraction of sp³-hybridized carbons (Fsp3) is 0.486. The minimum Gasteiger partial charge on any atom is -0.463 e. The van der Waals surface area contributed by atoms with E-state index in [1.54, 1.807) is 12.1 Å². The molecule has 2 atom stereocenters. The molecule has 0 N–H and O–H groups in total. The Labute approximate surface area is 248 Å². The predicted molar refractivity (Wildman–Crippen MR) is 161 cm³/mol. The van der Waals surface area contributed by atoms with Gasteiger partial charge in [-0.2, -0.15) is 0 Å². The lowest BCUT2D eigenvalue weighted by atomic mass is 9.96. The van der Waals surface area contributed by atoms with E-state index in [9.17, 15) is 14.0 Å². The molecule has 0 amide bonds. The van der Waals surface area contributed by atoms with Crippen molar-refractivity contribution in [3.63, 3.8) is 0 Å². The molecule has 1 aliphatic heterocycles. The van der Waals surface area contributed by atoms with Crippen LogP contribution < -0.4 is 0 Å². The van der Waals surface area contributed by atoms with Gasteiger partial charge in [0.2, 0.25) is 0 Å². The van der Waals surface area contributed by atoms with Crippen molar-refractivity contribution in [2.45, 2.75) is 109 Å². The van der Waals surface area contributed by atoms with E-state index in [0.717, 1.165) is 60.0 Å². The summed E-state index contributed by atoms with van der Waals surface area (Å²) in [5.74, 6) is -1.15. The van der Waals surface area contributed by atoms with Crippen LogP contribution in [0.25, 0.3) is 22.4 Å². The molecule has 0 radical (unpaired) electrons. The van der Waals surface area contributed by atoms with Gasteiger partial charge in [0.25, 0.3) is 0 Å². The molecule has 0 unspecified atom stereocenters. The minimum atomic E-state index is -0.661. The van der Waals surface area contributed by atoms with Gasteiger partial charge in [0.05, 0.1) is 30.4 Å². The van der Waals surface area contributed by atoms with Crippen molar-refractivity contribution in [1.29, 1.82) is 0 Å². The number of carbonyl (C=O) groups excluding carboxylic acids is 2. The first-order valence-corrected chi connectivity index (χ1v) is 15.3. The van der Waals surface area contributed by atoms with Crippen LogP contribution >= 0.6 is 0 Å². The topological polar surface area (TPSA) is 66.8 Å². The summed E-state index contributed by atoms with van der Waals surface area (Å²) in [6.45, 7) is 8.48. The van der Waals surface area contributed by atoms with E-state index in [1.807, 2.05) is 44.2 Å². The fourth-order valence-electron chi connectivity index (χ4n) is 6.68. The van der Waals surface area contributed by atoms with E-state index in [4.69, 9.17) is 14.2 Å². The van der Waals surface area contributed by atoms with Crippen LogP contribution in [-0.4, -0.2) is 40.9 Å². The maximum absolute atomic E-state index is 14.0. The number of benzene rings is 2. The van der Waals surface area contributed by atoms with Crippen LogP contribution in [0.2, 0.25) is 0 Å². The lowest BCUT2D eigenvalue weighted by molar-refractivity contribution is -0.315. The van der Waals surface area contributed by atoms with E-state index in [-0.39, 0.29) is 42.4 Å². The second kappa shape index (κ2) is 12.9. The number of carbonyl (C=O) groups is 2. The van der Waals surface area contributed by atoms with Crippen molar-refractivity contribution in [1.82, 2.24) is 4.57 Å². The van der Waals surface area contributed by atoms with Crippen LogP contribution in [-0.2, 0) is 25.5 Å². The van der Waals surface area contributed by atoms with E-state index in [2.05, 4.69) is 18.4 Å². The summed E-state index contributed by atoms with van der Waals surface area (Å²) in [6.07, 6.45) is 5.54. The van der Waals surface area contributed by atoms with E-state index in [0.29, 0.717) is 24.9 Å². The van der Waals surface area contributed by atoms with Gasteiger partial charge in [-0.25, -0.2) is 4.39 Å². The standard InChI is InChI=1S/C35H42FNO5/c1-23(2)33-30(22-38)32(25-10-6-5-7-11-25)34(26-12-14-27(36)15-13-26)37(33)19-16-28-20-29(21-31(39)40-24(3)4)42-35(41-28)17-8-9-18-35/h5-7,10-15,22-24,28-29H,8-9,16-21H2,1-4H3/t28-,29-/m1/s1. The third-order valence-electron chi connectivity index (χ3n) is 8.28. The molecule has 2 heterocycles. The summed E-state index contributed by atoms with van der Waals surface area (Å²) >= 11 is 0. The van der Waals surface area contributed by atoms with Gasteiger partial charge in [-0.15, -0.1) is 0 Å². The summed E-state index contributed by atoms with van der Waals surface area (Å²) < 4.78 is 34.7. The van der Waals surface area contributed by atoms with Gasteiger partial charge in [0, 0.05) is 42.6 Å². The number of aldehydes is 1. The van der Waals surface area contributed by atoms with Gasteiger partial charge in [-0.05, 0) is 74.4 Å². The molecule has 0 bridgehead atoms. The molecule has 1 spiro atoms. The Hall–Kier alpha value is -3.29. The molecule has 7 heteroatoms. The largest absolute Gasteiger partial charge is 0.463 e. The molecule has 224 valence electrons. The number of hydrogen-bond acceptors (Lipinski definition) is 5. The van der Waals surface area contributed by atoms with E-state index in [1.165, 1.54) is 12.1 Å². The highest BCUT2D eigenvalue weighted by molar-refractivity contribution is 5.97. The number of aromatic nitrogens is 1. The fourth-order valence-corrected chi connectivity index (χ4v) is 6.68. The molecule has 1 aromatic heterocycles. The molecule has 2 fully saturated rings. The van der Waals surface area contributed by atoms with Crippen LogP contribution in [0.5, 0.6) is 0 Å². The molecule has 2 aromatic carbocycles. The Morgan fingerprint density at radius 1 is 1.00 bits per heavy atom. The lowest BCUT2D eigenvalue weighted by Gasteiger charge is -2.43. The van der Waals surface area contributed by atoms with Gasteiger partial charge < -0.3 is 18.8 Å². The van der Waals surface area contributed by atoms with Crippen molar-refractivity contribution in [3.05, 3.63) is 71.7 Å². The van der Waals surface area contributed by atoms with E-state index >= 15 is 0 Å². The van der Waals surface area contributed by atoms with Crippen molar-refractivity contribution in [2.75, 3.05) is 0 Å². The summed E-state index contributed by atoms with van der Waals surface area (Å²) in [7, 11) is 0. The Bertz CT molecular complexity index is 1370. The Kier molecular flexibility index (Phi) is 9.28. The summed E-state index contributed by atoms with van der Waals surface area (Å²) in [4.78, 5) is 25.3. The highest BCUT2D eigenvalue weighted by Crippen LogP contribution is 2.44. The number of esters is 1. The highest BCUT2D eigenvalue weighted by atomic mass is 19.1. The first kappa shape index (κ1) is 30.2. The van der Waals surface area contributed by atoms with Crippen molar-refractivity contribution < 1.29 is 28.2 Å². The number of ether oxygens (including phenoxy) is 3. The Balaban J connectivity index is 1.52. The van der Waals surface area contributed by atoms with Crippen LogP contribution in [0.1, 0.15) is 94.6 Å². The average Bonchev–Trinajstić information content (AvgIpc) is 3.53. The van der Waals surface area contributed by atoms with Crippen molar-refractivity contribution in [3.8, 4) is 22.4 Å². The Morgan fingerprint density at radius 2 is 1.67 bits per heavy atom. The van der Waals surface area contributed by atoms with Gasteiger partial charge in [-0.3, -0.25) is 9.59 Å². The van der Waals surface area contributed by atoms with Crippen LogP contribution in [0.4, 0.5) is 4.39 Å². The smallest absolute Gasteiger partial charge is 0.308 e. The molecule has 42 heavy (non-hydrogen) atoms.